The van der Waals surface area contributed by atoms with Crippen LogP contribution < -0.4 is 11.3 Å². The SMILES string of the molecule is CC(=O)c1nc(CCc2ccc(COC(=O)NN)cc2)cs1. The normalized spacial score (nSPS) is 10.3. The van der Waals surface area contributed by atoms with Crippen LogP contribution in [0.3, 0.4) is 0 Å². The average molecular weight is 319 g/mol. The van der Waals surface area contributed by atoms with Gasteiger partial charge < -0.3 is 4.74 Å². The second-order valence-electron chi connectivity index (χ2n) is 4.74. The lowest BCUT2D eigenvalue weighted by Crippen LogP contribution is -2.30. The van der Waals surface area contributed by atoms with Crippen molar-refractivity contribution in [2.45, 2.75) is 26.4 Å². The van der Waals surface area contributed by atoms with Crippen molar-refractivity contribution in [3.63, 3.8) is 0 Å². The molecule has 1 aromatic heterocycles. The van der Waals surface area contributed by atoms with Gasteiger partial charge in [0.25, 0.3) is 0 Å². The van der Waals surface area contributed by atoms with Gasteiger partial charge >= 0.3 is 6.09 Å². The quantitative estimate of drug-likeness (QED) is 0.368. The molecule has 1 amide bonds. The van der Waals surface area contributed by atoms with Gasteiger partial charge in [-0.2, -0.15) is 0 Å². The van der Waals surface area contributed by atoms with E-state index in [-0.39, 0.29) is 12.4 Å². The van der Waals surface area contributed by atoms with E-state index >= 15 is 0 Å². The number of hydrogen-bond donors (Lipinski definition) is 2. The van der Waals surface area contributed by atoms with Crippen molar-refractivity contribution in [3.05, 3.63) is 51.5 Å². The highest BCUT2D eigenvalue weighted by molar-refractivity contribution is 7.11. The molecule has 0 saturated heterocycles. The molecule has 0 saturated carbocycles. The van der Waals surface area contributed by atoms with E-state index in [4.69, 9.17) is 10.6 Å². The zero-order valence-corrected chi connectivity index (χ0v) is 13.0. The van der Waals surface area contributed by atoms with E-state index in [9.17, 15) is 9.59 Å². The molecule has 2 aromatic rings. The van der Waals surface area contributed by atoms with Gasteiger partial charge in [-0.05, 0) is 24.0 Å². The molecule has 3 N–H and O–H groups in total. The number of carbonyl (C=O) groups is 2. The lowest BCUT2D eigenvalue weighted by atomic mass is 10.1. The van der Waals surface area contributed by atoms with Crippen LogP contribution in [0.5, 0.6) is 0 Å². The Morgan fingerprint density at radius 2 is 1.91 bits per heavy atom. The van der Waals surface area contributed by atoms with E-state index in [0.29, 0.717) is 5.01 Å². The number of aryl methyl sites for hydroxylation is 2. The number of hydrogen-bond acceptors (Lipinski definition) is 6. The van der Waals surface area contributed by atoms with E-state index in [2.05, 4.69) is 4.98 Å². The molecule has 0 bridgehead atoms. The van der Waals surface area contributed by atoms with E-state index in [1.165, 1.54) is 18.3 Å². The number of ether oxygens (including phenoxy) is 1. The summed E-state index contributed by atoms with van der Waals surface area (Å²) in [7, 11) is 0. The average Bonchev–Trinajstić information content (AvgIpc) is 3.01. The summed E-state index contributed by atoms with van der Waals surface area (Å²) in [6, 6.07) is 7.77. The van der Waals surface area contributed by atoms with E-state index in [1.54, 1.807) is 0 Å². The zero-order chi connectivity index (χ0) is 15.9. The molecular weight excluding hydrogens is 302 g/mol. The van der Waals surface area contributed by atoms with Crippen molar-refractivity contribution >= 4 is 23.2 Å². The predicted octanol–water partition coefficient (Wildman–Crippen LogP) is 2.23. The second kappa shape index (κ2) is 7.67. The summed E-state index contributed by atoms with van der Waals surface area (Å²) in [5.41, 5.74) is 4.88. The maximum absolute atomic E-state index is 11.2. The summed E-state index contributed by atoms with van der Waals surface area (Å²) in [4.78, 5) is 26.4. The summed E-state index contributed by atoms with van der Waals surface area (Å²) >= 11 is 1.38. The highest BCUT2D eigenvalue weighted by Crippen LogP contribution is 2.14. The second-order valence-corrected chi connectivity index (χ2v) is 5.60. The van der Waals surface area contributed by atoms with Crippen LogP contribution in [0.15, 0.2) is 29.6 Å². The zero-order valence-electron chi connectivity index (χ0n) is 12.2. The van der Waals surface area contributed by atoms with E-state index in [0.717, 1.165) is 29.7 Å². The molecule has 0 spiro atoms. The Bertz CT molecular complexity index is 652. The Morgan fingerprint density at radius 3 is 2.50 bits per heavy atom. The van der Waals surface area contributed by atoms with Crippen molar-refractivity contribution in [2.24, 2.45) is 5.84 Å². The van der Waals surface area contributed by atoms with Crippen LogP contribution in [-0.2, 0) is 24.2 Å². The van der Waals surface area contributed by atoms with Gasteiger partial charge in [-0.1, -0.05) is 24.3 Å². The fourth-order valence-corrected chi connectivity index (χ4v) is 2.60. The van der Waals surface area contributed by atoms with Crippen LogP contribution in [-0.4, -0.2) is 16.9 Å². The third kappa shape index (κ3) is 4.64. The summed E-state index contributed by atoms with van der Waals surface area (Å²) in [6.07, 6.45) is 0.967. The van der Waals surface area contributed by atoms with Gasteiger partial charge in [0.05, 0.1) is 5.69 Å². The Balaban J connectivity index is 1.85. The molecule has 116 valence electrons. The van der Waals surface area contributed by atoms with E-state index < -0.39 is 6.09 Å². The highest BCUT2D eigenvalue weighted by atomic mass is 32.1. The molecule has 0 atom stereocenters. The number of carbonyl (C=O) groups excluding carboxylic acids is 2. The molecule has 0 unspecified atom stereocenters. The van der Waals surface area contributed by atoms with Crippen LogP contribution in [0.25, 0.3) is 0 Å². The number of nitrogens with zero attached hydrogens (tertiary/aromatic N) is 1. The molecule has 1 aromatic carbocycles. The number of Topliss-reactive ketones (excluding diaryl/α,β-unsaturated/α-hetero) is 1. The van der Waals surface area contributed by atoms with Crippen LogP contribution in [0.1, 0.15) is 33.5 Å². The first kappa shape index (κ1) is 16.1. The summed E-state index contributed by atoms with van der Waals surface area (Å²) < 4.78 is 4.86. The van der Waals surface area contributed by atoms with Gasteiger partial charge in [-0.15, -0.1) is 11.3 Å². The molecule has 6 nitrogen and oxygen atoms in total. The highest BCUT2D eigenvalue weighted by Gasteiger charge is 2.06. The van der Waals surface area contributed by atoms with Crippen molar-refractivity contribution < 1.29 is 14.3 Å². The Hall–Kier alpha value is -2.25. The van der Waals surface area contributed by atoms with Crippen molar-refractivity contribution in [2.75, 3.05) is 0 Å². The van der Waals surface area contributed by atoms with E-state index in [1.807, 2.05) is 35.1 Å². The predicted molar refractivity (Wildman–Crippen MR) is 83.5 cm³/mol. The fraction of sp³-hybridized carbons (Fsp3) is 0.267. The van der Waals surface area contributed by atoms with Gasteiger partial charge in [0.15, 0.2) is 10.8 Å². The van der Waals surface area contributed by atoms with Crippen LogP contribution in [0.2, 0.25) is 0 Å². The third-order valence-corrected chi connectivity index (χ3v) is 4.03. The van der Waals surface area contributed by atoms with Crippen molar-refractivity contribution in [1.29, 1.82) is 0 Å². The molecule has 0 aliphatic heterocycles. The molecule has 1 heterocycles. The fourth-order valence-electron chi connectivity index (χ4n) is 1.85. The number of benzene rings is 1. The van der Waals surface area contributed by atoms with Gasteiger partial charge in [0, 0.05) is 12.3 Å². The molecule has 0 fully saturated rings. The lowest BCUT2D eigenvalue weighted by Gasteiger charge is -2.05. The van der Waals surface area contributed by atoms with Gasteiger partial charge in [0.2, 0.25) is 0 Å². The minimum absolute atomic E-state index is 0.00196. The molecule has 2 rings (SSSR count). The maximum atomic E-state index is 11.2. The van der Waals surface area contributed by atoms with Crippen LogP contribution in [0, 0.1) is 0 Å². The largest absolute Gasteiger partial charge is 0.444 e. The molecule has 0 aliphatic carbocycles. The summed E-state index contributed by atoms with van der Waals surface area (Å²) in [5, 5.41) is 2.48. The topological polar surface area (TPSA) is 94.3 Å². The van der Waals surface area contributed by atoms with Gasteiger partial charge in [-0.25, -0.2) is 15.6 Å². The number of hydrazine groups is 1. The number of rotatable bonds is 6. The summed E-state index contributed by atoms with van der Waals surface area (Å²) in [6.45, 7) is 1.70. The molecular formula is C15H17N3O3S. The Kier molecular flexibility index (Phi) is 5.62. The number of thiazole rings is 1. The van der Waals surface area contributed by atoms with Crippen molar-refractivity contribution in [3.8, 4) is 0 Å². The first-order chi connectivity index (χ1) is 10.6. The van der Waals surface area contributed by atoms with Crippen LogP contribution >= 0.6 is 11.3 Å². The first-order valence-electron chi connectivity index (χ1n) is 6.75. The number of ketones is 1. The number of nitrogens with one attached hydrogen (secondary N) is 1. The lowest BCUT2D eigenvalue weighted by molar-refractivity contribution is 0.101. The minimum atomic E-state index is -0.658. The Morgan fingerprint density at radius 1 is 1.23 bits per heavy atom. The number of amides is 1. The first-order valence-corrected chi connectivity index (χ1v) is 7.63. The molecule has 7 heteroatoms. The smallest absolute Gasteiger partial charge is 0.421 e. The van der Waals surface area contributed by atoms with Crippen LogP contribution in [0.4, 0.5) is 4.79 Å². The monoisotopic (exact) mass is 319 g/mol. The molecule has 0 aliphatic rings. The standard InChI is InChI=1S/C15H17N3O3S/c1-10(19)14-17-13(9-22-14)7-6-11-2-4-12(5-3-11)8-21-15(20)18-16/h2-5,9H,6-8,16H2,1H3,(H,18,20). The third-order valence-electron chi connectivity index (χ3n) is 3.03. The number of aromatic nitrogens is 1. The Labute approximate surface area is 132 Å². The number of nitrogens with two attached hydrogens (primary N) is 1. The summed E-state index contributed by atoms with van der Waals surface area (Å²) in [5.74, 6) is 4.93. The minimum Gasteiger partial charge on any atom is -0.444 e. The van der Waals surface area contributed by atoms with Crippen molar-refractivity contribution in [1.82, 2.24) is 10.4 Å². The molecule has 22 heavy (non-hydrogen) atoms. The maximum Gasteiger partial charge on any atom is 0.421 e. The molecule has 0 radical (unpaired) electrons. The van der Waals surface area contributed by atoms with Gasteiger partial charge in [0.1, 0.15) is 6.61 Å². The van der Waals surface area contributed by atoms with Gasteiger partial charge in [-0.3, -0.25) is 10.2 Å².